The smallest absolute Gasteiger partial charge is 0.158 e. The molecule has 7 heteroatoms. The molecule has 0 aliphatic rings. The Morgan fingerprint density at radius 1 is 1.29 bits per heavy atom. The summed E-state index contributed by atoms with van der Waals surface area (Å²) in [6.45, 7) is 2.78. The number of rotatable bonds is 6. The monoisotopic (exact) mass is 354 g/mol. The van der Waals surface area contributed by atoms with Crippen LogP contribution in [0.1, 0.15) is 12.7 Å². The maximum Gasteiger partial charge on any atom is 0.158 e. The first-order chi connectivity index (χ1) is 10.1. The SMILES string of the molecule is CCOCc1nc(NC)cc(Nc2c(F)cccc2Br)n1. The van der Waals surface area contributed by atoms with Gasteiger partial charge in [-0.15, -0.1) is 0 Å². The molecular weight excluding hydrogens is 339 g/mol. The summed E-state index contributed by atoms with van der Waals surface area (Å²) in [5.74, 6) is 1.29. The predicted octanol–water partition coefficient (Wildman–Crippen LogP) is 3.70. The number of para-hydroxylation sites is 1. The van der Waals surface area contributed by atoms with Crippen LogP contribution in [0.25, 0.3) is 0 Å². The molecule has 0 aliphatic heterocycles. The summed E-state index contributed by atoms with van der Waals surface area (Å²) in [4.78, 5) is 8.60. The summed E-state index contributed by atoms with van der Waals surface area (Å²) >= 11 is 3.31. The van der Waals surface area contributed by atoms with Crippen LogP contribution in [0.15, 0.2) is 28.7 Å². The molecule has 2 aromatic rings. The number of nitrogens with one attached hydrogen (secondary N) is 2. The zero-order chi connectivity index (χ0) is 15.2. The van der Waals surface area contributed by atoms with Crippen LogP contribution >= 0.6 is 15.9 Å². The van der Waals surface area contributed by atoms with Gasteiger partial charge in [-0.05, 0) is 35.0 Å². The fourth-order valence-electron chi connectivity index (χ4n) is 1.69. The molecule has 0 fully saturated rings. The first kappa shape index (κ1) is 15.7. The van der Waals surface area contributed by atoms with Crippen LogP contribution in [0.4, 0.5) is 21.7 Å². The second kappa shape index (κ2) is 7.33. The zero-order valence-electron chi connectivity index (χ0n) is 11.8. The molecule has 0 saturated heterocycles. The Labute approximate surface area is 131 Å². The molecule has 21 heavy (non-hydrogen) atoms. The number of anilines is 3. The predicted molar refractivity (Wildman–Crippen MR) is 84.3 cm³/mol. The van der Waals surface area contributed by atoms with Crippen LogP contribution < -0.4 is 10.6 Å². The molecule has 1 aromatic heterocycles. The van der Waals surface area contributed by atoms with E-state index in [9.17, 15) is 4.39 Å². The third kappa shape index (κ3) is 4.12. The van der Waals surface area contributed by atoms with Gasteiger partial charge < -0.3 is 15.4 Å². The molecule has 0 amide bonds. The lowest BCUT2D eigenvalue weighted by atomic mass is 10.3. The van der Waals surface area contributed by atoms with E-state index >= 15 is 0 Å². The molecular formula is C14H16BrFN4O. The highest BCUT2D eigenvalue weighted by molar-refractivity contribution is 9.10. The van der Waals surface area contributed by atoms with Crippen LogP contribution in [0.2, 0.25) is 0 Å². The third-order valence-electron chi connectivity index (χ3n) is 2.68. The minimum Gasteiger partial charge on any atom is -0.374 e. The molecule has 0 spiro atoms. The molecule has 0 unspecified atom stereocenters. The van der Waals surface area contributed by atoms with Crippen molar-refractivity contribution >= 4 is 33.3 Å². The van der Waals surface area contributed by atoms with Gasteiger partial charge in [-0.2, -0.15) is 0 Å². The number of ether oxygens (including phenoxy) is 1. The van der Waals surface area contributed by atoms with Gasteiger partial charge >= 0.3 is 0 Å². The van der Waals surface area contributed by atoms with E-state index < -0.39 is 0 Å². The molecule has 0 bridgehead atoms. The maximum atomic E-state index is 13.8. The van der Waals surface area contributed by atoms with Crippen molar-refractivity contribution in [1.29, 1.82) is 0 Å². The topological polar surface area (TPSA) is 59.1 Å². The number of hydrogen-bond donors (Lipinski definition) is 2. The van der Waals surface area contributed by atoms with Crippen molar-refractivity contribution in [2.75, 3.05) is 24.3 Å². The Kier molecular flexibility index (Phi) is 5.46. The quantitative estimate of drug-likeness (QED) is 0.828. The summed E-state index contributed by atoms with van der Waals surface area (Å²) in [5.41, 5.74) is 0.334. The van der Waals surface area contributed by atoms with Crippen LogP contribution in [0, 0.1) is 5.82 Å². The van der Waals surface area contributed by atoms with Gasteiger partial charge in [0.25, 0.3) is 0 Å². The van der Waals surface area contributed by atoms with Crippen molar-refractivity contribution < 1.29 is 9.13 Å². The van der Waals surface area contributed by atoms with Crippen LogP contribution in [0.3, 0.4) is 0 Å². The summed E-state index contributed by atoms with van der Waals surface area (Å²) in [6, 6.07) is 6.47. The standard InChI is InChI=1S/C14H16BrFN4O/c1-3-21-8-13-18-11(17-2)7-12(19-13)20-14-9(15)5-4-6-10(14)16/h4-7H,3,8H2,1-2H3,(H2,17,18,19,20). The highest BCUT2D eigenvalue weighted by atomic mass is 79.9. The number of hydrogen-bond acceptors (Lipinski definition) is 5. The van der Waals surface area contributed by atoms with Gasteiger partial charge in [0.2, 0.25) is 0 Å². The molecule has 0 saturated carbocycles. The Bertz CT molecular complexity index is 604. The van der Waals surface area contributed by atoms with Gasteiger partial charge in [0, 0.05) is 24.2 Å². The van der Waals surface area contributed by atoms with Crippen molar-refractivity contribution in [3.8, 4) is 0 Å². The lowest BCUT2D eigenvalue weighted by molar-refractivity contribution is 0.128. The Morgan fingerprint density at radius 2 is 2.05 bits per heavy atom. The van der Waals surface area contributed by atoms with E-state index in [0.29, 0.717) is 40.8 Å². The van der Waals surface area contributed by atoms with Gasteiger partial charge in [-0.25, -0.2) is 14.4 Å². The van der Waals surface area contributed by atoms with E-state index in [0.717, 1.165) is 0 Å². The molecule has 1 heterocycles. The van der Waals surface area contributed by atoms with Gasteiger partial charge in [0.15, 0.2) is 5.82 Å². The molecule has 0 radical (unpaired) electrons. The Balaban J connectivity index is 2.30. The van der Waals surface area contributed by atoms with E-state index in [2.05, 4.69) is 36.5 Å². The van der Waals surface area contributed by atoms with E-state index in [1.165, 1.54) is 6.07 Å². The normalized spacial score (nSPS) is 10.5. The summed E-state index contributed by atoms with van der Waals surface area (Å²) in [5, 5.41) is 5.91. The van der Waals surface area contributed by atoms with Crippen molar-refractivity contribution in [3.05, 3.63) is 40.4 Å². The maximum absolute atomic E-state index is 13.8. The number of halogens is 2. The number of benzene rings is 1. The van der Waals surface area contributed by atoms with Gasteiger partial charge in [0.05, 0.1) is 5.69 Å². The highest BCUT2D eigenvalue weighted by Crippen LogP contribution is 2.28. The summed E-state index contributed by atoms with van der Waals surface area (Å²) in [6.07, 6.45) is 0. The van der Waals surface area contributed by atoms with Crippen LogP contribution in [-0.2, 0) is 11.3 Å². The molecule has 0 aliphatic carbocycles. The first-order valence-corrected chi connectivity index (χ1v) is 7.27. The highest BCUT2D eigenvalue weighted by Gasteiger charge is 2.10. The van der Waals surface area contributed by atoms with Crippen molar-refractivity contribution in [2.45, 2.75) is 13.5 Å². The van der Waals surface area contributed by atoms with Gasteiger partial charge in [0.1, 0.15) is 24.1 Å². The molecule has 0 atom stereocenters. The van der Waals surface area contributed by atoms with Crippen molar-refractivity contribution in [3.63, 3.8) is 0 Å². The molecule has 1 aromatic carbocycles. The van der Waals surface area contributed by atoms with E-state index in [1.54, 1.807) is 25.2 Å². The fourth-order valence-corrected chi connectivity index (χ4v) is 2.13. The third-order valence-corrected chi connectivity index (χ3v) is 3.34. The first-order valence-electron chi connectivity index (χ1n) is 6.48. The van der Waals surface area contributed by atoms with E-state index in [4.69, 9.17) is 4.74 Å². The average Bonchev–Trinajstić information content (AvgIpc) is 2.49. The lowest BCUT2D eigenvalue weighted by Gasteiger charge is -2.11. The van der Waals surface area contributed by atoms with Gasteiger partial charge in [-0.3, -0.25) is 0 Å². The number of aromatic nitrogens is 2. The van der Waals surface area contributed by atoms with E-state index in [1.807, 2.05) is 6.92 Å². The molecule has 2 rings (SSSR count). The average molecular weight is 355 g/mol. The van der Waals surface area contributed by atoms with Crippen molar-refractivity contribution in [2.24, 2.45) is 0 Å². The van der Waals surface area contributed by atoms with E-state index in [-0.39, 0.29) is 5.82 Å². The zero-order valence-corrected chi connectivity index (χ0v) is 13.4. The minimum absolute atomic E-state index is 0.305. The van der Waals surface area contributed by atoms with Crippen LogP contribution in [0.5, 0.6) is 0 Å². The Hall–Kier alpha value is -1.73. The second-order valence-corrected chi connectivity index (χ2v) is 5.02. The molecule has 2 N–H and O–H groups in total. The number of nitrogens with zero attached hydrogens (tertiary/aromatic N) is 2. The van der Waals surface area contributed by atoms with Crippen molar-refractivity contribution in [1.82, 2.24) is 9.97 Å². The molecule has 112 valence electrons. The van der Waals surface area contributed by atoms with Gasteiger partial charge in [-0.1, -0.05) is 6.07 Å². The summed E-state index contributed by atoms with van der Waals surface area (Å²) < 4.78 is 19.8. The lowest BCUT2D eigenvalue weighted by Crippen LogP contribution is -2.06. The fraction of sp³-hybridized carbons (Fsp3) is 0.286. The summed E-state index contributed by atoms with van der Waals surface area (Å²) in [7, 11) is 1.76. The largest absolute Gasteiger partial charge is 0.374 e. The Morgan fingerprint density at radius 3 is 2.71 bits per heavy atom. The van der Waals surface area contributed by atoms with Crippen LogP contribution in [-0.4, -0.2) is 23.6 Å². The second-order valence-electron chi connectivity index (χ2n) is 4.16. The minimum atomic E-state index is -0.361. The molecule has 5 nitrogen and oxygen atoms in total.